The number of hydrogen-bond donors (Lipinski definition) is 2. The summed E-state index contributed by atoms with van der Waals surface area (Å²) in [5.74, 6) is -0.284. The minimum Gasteiger partial charge on any atom is -0.480 e. The molecule has 1 rings (SSSR count). The quantitative estimate of drug-likeness (QED) is 0.309. The summed E-state index contributed by atoms with van der Waals surface area (Å²) in [7, 11) is 0. The summed E-state index contributed by atoms with van der Waals surface area (Å²) >= 11 is 0. The second kappa shape index (κ2) is 7.92. The SMILES string of the molecule is [N-]=[N+]=NCCNC(CC1CCCCC1)C(=O)O. The summed E-state index contributed by atoms with van der Waals surface area (Å²) in [4.78, 5) is 13.7. The van der Waals surface area contributed by atoms with Gasteiger partial charge < -0.3 is 10.4 Å². The van der Waals surface area contributed by atoms with Crippen molar-refractivity contribution >= 4 is 5.97 Å². The summed E-state index contributed by atoms with van der Waals surface area (Å²) in [5, 5.41) is 15.4. The predicted octanol–water partition coefficient (Wildman–Crippen LogP) is 2.31. The molecule has 6 nitrogen and oxygen atoms in total. The average molecular weight is 240 g/mol. The molecule has 2 N–H and O–H groups in total. The normalized spacial score (nSPS) is 18.4. The topological polar surface area (TPSA) is 98.1 Å². The molecule has 0 radical (unpaired) electrons. The van der Waals surface area contributed by atoms with Crippen molar-refractivity contribution in [2.75, 3.05) is 13.1 Å². The van der Waals surface area contributed by atoms with Crippen LogP contribution >= 0.6 is 0 Å². The highest BCUT2D eigenvalue weighted by molar-refractivity contribution is 5.73. The maximum absolute atomic E-state index is 11.1. The lowest BCUT2D eigenvalue weighted by Gasteiger charge is -2.25. The molecule has 0 aromatic heterocycles. The van der Waals surface area contributed by atoms with Gasteiger partial charge in [-0.1, -0.05) is 37.2 Å². The highest BCUT2D eigenvalue weighted by Crippen LogP contribution is 2.27. The molecule has 1 fully saturated rings. The van der Waals surface area contributed by atoms with Gasteiger partial charge in [0.25, 0.3) is 0 Å². The molecule has 6 heteroatoms. The van der Waals surface area contributed by atoms with E-state index in [0.717, 1.165) is 12.8 Å². The van der Waals surface area contributed by atoms with Crippen LogP contribution in [0.3, 0.4) is 0 Å². The lowest BCUT2D eigenvalue weighted by molar-refractivity contribution is -0.140. The van der Waals surface area contributed by atoms with Crippen molar-refractivity contribution in [3.8, 4) is 0 Å². The highest BCUT2D eigenvalue weighted by Gasteiger charge is 2.23. The van der Waals surface area contributed by atoms with Crippen LogP contribution in [0.25, 0.3) is 10.4 Å². The predicted molar refractivity (Wildman–Crippen MR) is 64.6 cm³/mol. The number of azide groups is 1. The van der Waals surface area contributed by atoms with Gasteiger partial charge in [0.2, 0.25) is 0 Å². The van der Waals surface area contributed by atoms with Crippen LogP contribution in [0.15, 0.2) is 5.11 Å². The van der Waals surface area contributed by atoms with Crippen molar-refractivity contribution in [1.82, 2.24) is 5.32 Å². The average Bonchev–Trinajstić information content (AvgIpc) is 2.34. The monoisotopic (exact) mass is 240 g/mol. The number of nitrogens with one attached hydrogen (secondary N) is 1. The third kappa shape index (κ3) is 5.56. The first-order valence-corrected chi connectivity index (χ1v) is 6.21. The van der Waals surface area contributed by atoms with E-state index in [0.29, 0.717) is 25.4 Å². The van der Waals surface area contributed by atoms with E-state index >= 15 is 0 Å². The number of hydrogen-bond acceptors (Lipinski definition) is 3. The van der Waals surface area contributed by atoms with Gasteiger partial charge in [-0.25, -0.2) is 0 Å². The molecule has 17 heavy (non-hydrogen) atoms. The number of carbonyl (C=O) groups is 1. The molecule has 0 aromatic carbocycles. The largest absolute Gasteiger partial charge is 0.480 e. The fourth-order valence-electron chi connectivity index (χ4n) is 2.36. The van der Waals surface area contributed by atoms with Crippen LogP contribution < -0.4 is 5.32 Å². The van der Waals surface area contributed by atoms with Gasteiger partial charge in [-0.3, -0.25) is 4.79 Å². The third-order valence-electron chi connectivity index (χ3n) is 3.26. The van der Waals surface area contributed by atoms with E-state index in [1.807, 2.05) is 0 Å². The molecule has 0 heterocycles. The number of aliphatic carboxylic acids is 1. The van der Waals surface area contributed by atoms with E-state index in [1.54, 1.807) is 0 Å². The molecule has 1 saturated carbocycles. The molecular formula is C11H20N4O2. The van der Waals surface area contributed by atoms with E-state index < -0.39 is 12.0 Å². The molecule has 0 bridgehead atoms. The fourth-order valence-corrected chi connectivity index (χ4v) is 2.36. The van der Waals surface area contributed by atoms with E-state index in [2.05, 4.69) is 15.3 Å². The summed E-state index contributed by atoms with van der Waals surface area (Å²) in [6.45, 7) is 0.721. The number of nitrogens with zero attached hydrogens (tertiary/aromatic N) is 3. The van der Waals surface area contributed by atoms with Crippen LogP contribution in [0.4, 0.5) is 0 Å². The Morgan fingerprint density at radius 2 is 2.18 bits per heavy atom. The Morgan fingerprint density at radius 3 is 2.76 bits per heavy atom. The van der Waals surface area contributed by atoms with Gasteiger partial charge >= 0.3 is 5.97 Å². The lowest BCUT2D eigenvalue weighted by Crippen LogP contribution is -2.39. The lowest BCUT2D eigenvalue weighted by atomic mass is 9.85. The molecule has 1 aliphatic rings. The molecule has 1 atom stereocenters. The zero-order valence-electron chi connectivity index (χ0n) is 10.0. The first kappa shape index (κ1) is 13.8. The number of rotatable bonds is 7. The van der Waals surface area contributed by atoms with Gasteiger partial charge in [-0.05, 0) is 17.9 Å². The van der Waals surface area contributed by atoms with Gasteiger partial charge in [0.15, 0.2) is 0 Å². The maximum atomic E-state index is 11.1. The Morgan fingerprint density at radius 1 is 1.47 bits per heavy atom. The summed E-state index contributed by atoms with van der Waals surface area (Å²) < 4.78 is 0. The van der Waals surface area contributed by atoms with Crippen molar-refractivity contribution in [3.63, 3.8) is 0 Å². The van der Waals surface area contributed by atoms with Crippen LogP contribution in [0.5, 0.6) is 0 Å². The maximum Gasteiger partial charge on any atom is 0.320 e. The smallest absolute Gasteiger partial charge is 0.320 e. The van der Waals surface area contributed by atoms with Crippen LogP contribution in [0.2, 0.25) is 0 Å². The van der Waals surface area contributed by atoms with Crippen LogP contribution in [-0.2, 0) is 4.79 Å². The highest BCUT2D eigenvalue weighted by atomic mass is 16.4. The van der Waals surface area contributed by atoms with Crippen LogP contribution in [0.1, 0.15) is 38.5 Å². The molecule has 1 unspecified atom stereocenters. The molecule has 96 valence electrons. The Balaban J connectivity index is 2.31. The fraction of sp³-hybridized carbons (Fsp3) is 0.909. The molecular weight excluding hydrogens is 220 g/mol. The van der Waals surface area contributed by atoms with Crippen molar-refractivity contribution in [2.45, 2.75) is 44.6 Å². The Kier molecular flexibility index (Phi) is 6.43. The zero-order valence-corrected chi connectivity index (χ0v) is 10.0. The van der Waals surface area contributed by atoms with Gasteiger partial charge in [0.05, 0.1) is 0 Å². The molecule has 0 aromatic rings. The van der Waals surface area contributed by atoms with Crippen LogP contribution in [0, 0.1) is 5.92 Å². The minimum atomic E-state index is -0.809. The van der Waals surface area contributed by atoms with Crippen molar-refractivity contribution in [1.29, 1.82) is 0 Å². The Hall–Kier alpha value is -1.26. The minimum absolute atomic E-state index is 0.297. The van der Waals surface area contributed by atoms with E-state index in [9.17, 15) is 4.79 Å². The summed E-state index contributed by atoms with van der Waals surface area (Å²) in [5.41, 5.74) is 8.12. The molecule has 0 amide bonds. The zero-order chi connectivity index (χ0) is 12.5. The number of carboxylic acids is 1. The molecule has 0 aliphatic heterocycles. The van der Waals surface area contributed by atoms with Crippen molar-refractivity contribution < 1.29 is 9.90 Å². The van der Waals surface area contributed by atoms with Crippen LogP contribution in [-0.4, -0.2) is 30.2 Å². The van der Waals surface area contributed by atoms with E-state index in [4.69, 9.17) is 10.6 Å². The first-order valence-electron chi connectivity index (χ1n) is 6.21. The summed E-state index contributed by atoms with van der Waals surface area (Å²) in [6, 6.07) is -0.507. The molecule has 0 spiro atoms. The van der Waals surface area contributed by atoms with Gasteiger partial charge in [0, 0.05) is 18.0 Å². The molecule has 0 saturated heterocycles. The van der Waals surface area contributed by atoms with Gasteiger partial charge in [0.1, 0.15) is 6.04 Å². The van der Waals surface area contributed by atoms with Crippen molar-refractivity contribution in [3.05, 3.63) is 10.4 Å². The number of carboxylic acid groups (broad SMARTS) is 1. The Labute approximate surface area is 101 Å². The van der Waals surface area contributed by atoms with E-state index in [-0.39, 0.29) is 0 Å². The molecule has 1 aliphatic carbocycles. The van der Waals surface area contributed by atoms with Gasteiger partial charge in [-0.2, -0.15) is 0 Å². The van der Waals surface area contributed by atoms with Gasteiger partial charge in [-0.15, -0.1) is 0 Å². The Bertz CT molecular complexity index is 283. The second-order valence-corrected chi connectivity index (χ2v) is 4.54. The van der Waals surface area contributed by atoms with E-state index in [1.165, 1.54) is 19.3 Å². The van der Waals surface area contributed by atoms with Crippen molar-refractivity contribution in [2.24, 2.45) is 11.0 Å². The second-order valence-electron chi connectivity index (χ2n) is 4.54. The summed E-state index contributed by atoms with van der Waals surface area (Å²) in [6.07, 6.45) is 6.68. The standard InChI is InChI=1S/C11H20N4O2/c12-15-14-7-6-13-10(11(16)17)8-9-4-2-1-3-5-9/h9-10,13H,1-8H2,(H,16,17). The third-order valence-corrected chi connectivity index (χ3v) is 3.26. The first-order chi connectivity index (χ1) is 8.24.